The summed E-state index contributed by atoms with van der Waals surface area (Å²) in [5.41, 5.74) is 0.523. The molecular weight excluding hydrogens is 330 g/mol. The number of alkyl carbamates (subject to hydrolysis) is 1. The number of rotatable bonds is 2. The summed E-state index contributed by atoms with van der Waals surface area (Å²) in [6.07, 6.45) is 2.96. The number of piperidine rings is 1. The number of ether oxygens (including phenoxy) is 1. The molecule has 2 bridgehead atoms. The number of benzene rings is 1. The van der Waals surface area contributed by atoms with Crippen LogP contribution in [0.1, 0.15) is 62.4 Å². The van der Waals surface area contributed by atoms with Crippen LogP contribution >= 0.6 is 0 Å². The summed E-state index contributed by atoms with van der Waals surface area (Å²) in [5.74, 6) is -0.0229. The summed E-state index contributed by atoms with van der Waals surface area (Å²) in [7, 11) is 0. The van der Waals surface area contributed by atoms with Crippen LogP contribution in [-0.4, -0.2) is 40.6 Å². The topological polar surface area (TPSA) is 82.4 Å². The predicted octanol–water partition coefficient (Wildman–Crippen LogP) is 3.22. The monoisotopic (exact) mass is 355 g/mol. The number of amides is 2. The first kappa shape index (κ1) is 18.2. The Balaban J connectivity index is 1.66. The minimum atomic E-state index is -0.522. The van der Waals surface area contributed by atoms with E-state index in [1.165, 1.54) is 0 Å². The maximum atomic E-state index is 12.9. The van der Waals surface area contributed by atoms with E-state index in [-0.39, 0.29) is 24.0 Å². The van der Waals surface area contributed by atoms with Crippen LogP contribution in [0.4, 0.5) is 4.79 Å². The molecule has 3 rings (SSSR count). The van der Waals surface area contributed by atoms with Crippen LogP contribution in [0.15, 0.2) is 24.3 Å². The summed E-state index contributed by atoms with van der Waals surface area (Å²) in [5, 5.41) is 12.0. The molecule has 2 heterocycles. The minimum absolute atomic E-state index is 0.0229. The summed E-state index contributed by atoms with van der Waals surface area (Å²) in [4.78, 5) is 26.9. The molecule has 2 aliphatic heterocycles. The molecule has 0 saturated carbocycles. The molecule has 0 aliphatic carbocycles. The van der Waals surface area contributed by atoms with Crippen LogP contribution in [-0.2, 0) is 4.74 Å². The molecule has 6 heteroatoms. The highest BCUT2D eigenvalue weighted by Crippen LogP contribution is 2.37. The fourth-order valence-electron chi connectivity index (χ4n) is 3.97. The van der Waals surface area contributed by atoms with Crippen molar-refractivity contribution >= 4 is 12.0 Å². The number of nitrogens with one attached hydrogen (secondary N) is 1. The summed E-state index contributed by atoms with van der Waals surface area (Å²) in [6.45, 7) is 5.52. The molecule has 0 spiro atoms. The molecule has 0 radical (unpaired) electrons. The maximum absolute atomic E-state index is 12.9. The standard InChI is InChI=1S/C20H25N3O3/c1-20(2,3)26-19(25)22-15-10-16-7-8-17(11-15)23(16)18(24)14-6-4-5-13(9-14)12-21/h4-6,9,15-17H,7-8,10-11H2,1-3H3,(H,22,25). The Bertz CT molecular complexity index is 733. The largest absolute Gasteiger partial charge is 0.444 e. The molecule has 26 heavy (non-hydrogen) atoms. The molecule has 2 amide bonds. The molecule has 1 aromatic carbocycles. The smallest absolute Gasteiger partial charge is 0.407 e. The van der Waals surface area contributed by atoms with Gasteiger partial charge in [-0.15, -0.1) is 0 Å². The van der Waals surface area contributed by atoms with Crippen molar-refractivity contribution in [2.24, 2.45) is 0 Å². The van der Waals surface area contributed by atoms with Gasteiger partial charge in [-0.3, -0.25) is 4.79 Å². The highest BCUT2D eigenvalue weighted by molar-refractivity contribution is 5.95. The number of nitriles is 1. The zero-order chi connectivity index (χ0) is 18.9. The number of carbonyl (C=O) groups is 2. The SMILES string of the molecule is CC(C)(C)OC(=O)NC1CC2CCC(C1)N2C(=O)c1cccc(C#N)c1. The average Bonchev–Trinajstić information content (AvgIpc) is 2.83. The van der Waals surface area contributed by atoms with E-state index in [1.54, 1.807) is 24.3 Å². The number of fused-ring (bicyclic) bond motifs is 2. The first-order chi connectivity index (χ1) is 12.3. The molecule has 1 aromatic rings. The van der Waals surface area contributed by atoms with Crippen LogP contribution < -0.4 is 5.32 Å². The molecule has 2 fully saturated rings. The van der Waals surface area contributed by atoms with Gasteiger partial charge in [-0.2, -0.15) is 5.26 Å². The van der Waals surface area contributed by atoms with Gasteiger partial charge in [0, 0.05) is 23.7 Å². The Hall–Kier alpha value is -2.55. The number of hydrogen-bond acceptors (Lipinski definition) is 4. The van der Waals surface area contributed by atoms with Crippen molar-refractivity contribution in [1.29, 1.82) is 5.26 Å². The van der Waals surface area contributed by atoms with E-state index in [0.29, 0.717) is 11.1 Å². The van der Waals surface area contributed by atoms with Gasteiger partial charge in [0.05, 0.1) is 11.6 Å². The van der Waals surface area contributed by atoms with Crippen molar-refractivity contribution in [3.05, 3.63) is 35.4 Å². The van der Waals surface area contributed by atoms with Crippen molar-refractivity contribution in [2.45, 2.75) is 70.2 Å². The van der Waals surface area contributed by atoms with E-state index >= 15 is 0 Å². The van der Waals surface area contributed by atoms with Gasteiger partial charge in [0.1, 0.15) is 5.60 Å². The van der Waals surface area contributed by atoms with Gasteiger partial charge in [-0.1, -0.05) is 6.07 Å². The zero-order valence-corrected chi connectivity index (χ0v) is 15.5. The van der Waals surface area contributed by atoms with E-state index in [0.717, 1.165) is 25.7 Å². The van der Waals surface area contributed by atoms with Crippen molar-refractivity contribution in [1.82, 2.24) is 10.2 Å². The normalized spacial score (nSPS) is 24.7. The molecule has 2 atom stereocenters. The molecule has 2 aliphatic rings. The molecular formula is C20H25N3O3. The van der Waals surface area contributed by atoms with Gasteiger partial charge in [-0.05, 0) is 64.7 Å². The maximum Gasteiger partial charge on any atom is 0.407 e. The summed E-state index contributed by atoms with van der Waals surface area (Å²) < 4.78 is 5.34. The van der Waals surface area contributed by atoms with Gasteiger partial charge in [0.15, 0.2) is 0 Å². The Morgan fingerprint density at radius 3 is 2.46 bits per heavy atom. The van der Waals surface area contributed by atoms with E-state index in [9.17, 15) is 9.59 Å². The third-order valence-electron chi connectivity index (χ3n) is 4.93. The lowest BCUT2D eigenvalue weighted by Crippen LogP contribution is -2.53. The molecule has 2 saturated heterocycles. The van der Waals surface area contributed by atoms with Gasteiger partial charge < -0.3 is 15.0 Å². The predicted molar refractivity (Wildman–Crippen MR) is 96.5 cm³/mol. The van der Waals surface area contributed by atoms with Crippen LogP contribution in [0.2, 0.25) is 0 Å². The third kappa shape index (κ3) is 3.98. The van der Waals surface area contributed by atoms with E-state index in [4.69, 9.17) is 10.00 Å². The van der Waals surface area contributed by atoms with Crippen LogP contribution in [0.25, 0.3) is 0 Å². The molecule has 2 unspecified atom stereocenters. The Morgan fingerprint density at radius 2 is 1.88 bits per heavy atom. The Kier molecular flexibility index (Phi) is 4.90. The lowest BCUT2D eigenvalue weighted by Gasteiger charge is -2.39. The van der Waals surface area contributed by atoms with Crippen LogP contribution in [0.3, 0.4) is 0 Å². The van der Waals surface area contributed by atoms with E-state index in [2.05, 4.69) is 11.4 Å². The van der Waals surface area contributed by atoms with Crippen molar-refractivity contribution < 1.29 is 14.3 Å². The Labute approximate surface area is 154 Å². The molecule has 0 aromatic heterocycles. The van der Waals surface area contributed by atoms with E-state index in [1.807, 2.05) is 25.7 Å². The second kappa shape index (κ2) is 6.99. The van der Waals surface area contributed by atoms with Gasteiger partial charge >= 0.3 is 6.09 Å². The van der Waals surface area contributed by atoms with Crippen LogP contribution in [0.5, 0.6) is 0 Å². The fourth-order valence-corrected chi connectivity index (χ4v) is 3.97. The highest BCUT2D eigenvalue weighted by Gasteiger charge is 2.44. The zero-order valence-electron chi connectivity index (χ0n) is 15.5. The molecule has 6 nitrogen and oxygen atoms in total. The minimum Gasteiger partial charge on any atom is -0.444 e. The third-order valence-corrected chi connectivity index (χ3v) is 4.93. The lowest BCUT2D eigenvalue weighted by molar-refractivity contribution is 0.0418. The van der Waals surface area contributed by atoms with Crippen molar-refractivity contribution in [3.8, 4) is 6.07 Å². The summed E-state index contributed by atoms with van der Waals surface area (Å²) in [6, 6.07) is 9.18. The van der Waals surface area contributed by atoms with Crippen molar-refractivity contribution in [3.63, 3.8) is 0 Å². The summed E-state index contributed by atoms with van der Waals surface area (Å²) >= 11 is 0. The second-order valence-electron chi connectivity index (χ2n) is 8.10. The van der Waals surface area contributed by atoms with Gasteiger partial charge in [0.25, 0.3) is 5.91 Å². The number of nitrogens with zero attached hydrogens (tertiary/aromatic N) is 2. The number of hydrogen-bond donors (Lipinski definition) is 1. The molecule has 138 valence electrons. The highest BCUT2D eigenvalue weighted by atomic mass is 16.6. The second-order valence-corrected chi connectivity index (χ2v) is 8.10. The van der Waals surface area contributed by atoms with Gasteiger partial charge in [0.2, 0.25) is 0 Å². The van der Waals surface area contributed by atoms with Gasteiger partial charge in [-0.25, -0.2) is 4.79 Å². The quantitative estimate of drug-likeness (QED) is 0.883. The fraction of sp³-hybridized carbons (Fsp3) is 0.550. The average molecular weight is 355 g/mol. The Morgan fingerprint density at radius 1 is 1.23 bits per heavy atom. The van der Waals surface area contributed by atoms with Crippen LogP contribution in [0, 0.1) is 11.3 Å². The molecule has 1 N–H and O–H groups in total. The van der Waals surface area contributed by atoms with E-state index < -0.39 is 11.7 Å². The first-order valence-electron chi connectivity index (χ1n) is 9.09. The number of carbonyl (C=O) groups excluding carboxylic acids is 2. The van der Waals surface area contributed by atoms with Crippen molar-refractivity contribution in [2.75, 3.05) is 0 Å². The lowest BCUT2D eigenvalue weighted by atomic mass is 9.96. The first-order valence-corrected chi connectivity index (χ1v) is 9.09.